The molecule has 0 radical (unpaired) electrons. The van der Waals surface area contributed by atoms with Crippen molar-refractivity contribution >= 4 is 39.1 Å². The molecule has 1 N–H and O–H groups in total. The third-order valence-corrected chi connectivity index (χ3v) is 5.86. The van der Waals surface area contributed by atoms with Crippen molar-refractivity contribution < 1.29 is 9.72 Å². The SMILES string of the molecule is Cn1ncc2c(NC(=O)c3ccc([N+](=O)[O-])s3)nc(-c3ccc(C(C)(C)C)cc3)nc21. The van der Waals surface area contributed by atoms with Crippen LogP contribution in [0.5, 0.6) is 0 Å². The van der Waals surface area contributed by atoms with E-state index in [1.807, 2.05) is 24.3 Å². The number of hydrogen-bond donors (Lipinski definition) is 1. The molecule has 158 valence electrons. The van der Waals surface area contributed by atoms with E-state index in [1.165, 1.54) is 17.7 Å². The van der Waals surface area contributed by atoms with Gasteiger partial charge >= 0.3 is 5.00 Å². The molecule has 10 heteroatoms. The van der Waals surface area contributed by atoms with Crippen LogP contribution in [0.15, 0.2) is 42.6 Å². The number of aryl methyl sites for hydroxylation is 1. The van der Waals surface area contributed by atoms with Crippen LogP contribution in [0.3, 0.4) is 0 Å². The predicted octanol–water partition coefficient (Wildman–Crippen LogP) is 4.55. The van der Waals surface area contributed by atoms with Gasteiger partial charge in [-0.2, -0.15) is 5.10 Å². The lowest BCUT2D eigenvalue weighted by Crippen LogP contribution is -2.13. The predicted molar refractivity (Wildman–Crippen MR) is 119 cm³/mol. The molecular weight excluding hydrogens is 416 g/mol. The normalized spacial score (nSPS) is 11.6. The van der Waals surface area contributed by atoms with Crippen LogP contribution in [-0.4, -0.2) is 30.6 Å². The second kappa shape index (κ2) is 7.55. The minimum atomic E-state index is -0.523. The first-order chi connectivity index (χ1) is 14.6. The van der Waals surface area contributed by atoms with E-state index in [2.05, 4.69) is 41.2 Å². The Morgan fingerprint density at radius 1 is 1.13 bits per heavy atom. The molecule has 0 fully saturated rings. The second-order valence-electron chi connectivity index (χ2n) is 8.08. The number of anilines is 1. The molecule has 0 saturated heterocycles. The number of benzene rings is 1. The lowest BCUT2D eigenvalue weighted by atomic mass is 9.87. The zero-order chi connectivity index (χ0) is 22.3. The summed E-state index contributed by atoms with van der Waals surface area (Å²) in [6.07, 6.45) is 1.58. The first-order valence-electron chi connectivity index (χ1n) is 9.50. The fourth-order valence-corrected chi connectivity index (χ4v) is 3.80. The standard InChI is InChI=1S/C21H20N6O3S/c1-21(2,3)13-7-5-12(6-8-13)17-23-18(14-11-22-26(4)19(14)24-17)25-20(28)15-9-10-16(31-15)27(29)30/h5-11H,1-4H3,(H,23,24,25,28). The third-order valence-electron chi connectivity index (χ3n) is 4.83. The van der Waals surface area contributed by atoms with Crippen LogP contribution >= 0.6 is 11.3 Å². The van der Waals surface area contributed by atoms with Gasteiger partial charge in [-0.15, -0.1) is 0 Å². The summed E-state index contributed by atoms with van der Waals surface area (Å²) in [6, 6.07) is 10.7. The fraction of sp³-hybridized carbons (Fsp3) is 0.238. The van der Waals surface area contributed by atoms with Crippen LogP contribution in [0.1, 0.15) is 36.0 Å². The Morgan fingerprint density at radius 3 is 2.45 bits per heavy atom. The van der Waals surface area contributed by atoms with Crippen molar-refractivity contribution in [3.05, 3.63) is 63.1 Å². The molecular formula is C21H20N6O3S. The minimum absolute atomic E-state index is 0.0217. The summed E-state index contributed by atoms with van der Waals surface area (Å²) in [7, 11) is 1.76. The number of carbonyl (C=O) groups excluding carboxylic acids is 1. The topological polar surface area (TPSA) is 116 Å². The van der Waals surface area contributed by atoms with Gasteiger partial charge in [0.05, 0.1) is 21.4 Å². The number of nitrogens with one attached hydrogen (secondary N) is 1. The zero-order valence-electron chi connectivity index (χ0n) is 17.4. The first kappa shape index (κ1) is 20.6. The van der Waals surface area contributed by atoms with Crippen molar-refractivity contribution in [2.45, 2.75) is 26.2 Å². The Hall–Kier alpha value is -3.66. The summed E-state index contributed by atoms with van der Waals surface area (Å²) >= 11 is 0.808. The Labute approximate surface area is 181 Å². The van der Waals surface area contributed by atoms with E-state index in [0.29, 0.717) is 22.7 Å². The monoisotopic (exact) mass is 436 g/mol. The molecule has 4 aromatic rings. The van der Waals surface area contributed by atoms with E-state index in [-0.39, 0.29) is 15.3 Å². The van der Waals surface area contributed by atoms with Gasteiger partial charge in [0.2, 0.25) is 0 Å². The van der Waals surface area contributed by atoms with Crippen LogP contribution < -0.4 is 5.32 Å². The molecule has 1 amide bonds. The first-order valence-corrected chi connectivity index (χ1v) is 10.3. The number of rotatable bonds is 4. The summed E-state index contributed by atoms with van der Waals surface area (Å²) in [5.41, 5.74) is 2.58. The lowest BCUT2D eigenvalue weighted by molar-refractivity contribution is -0.380. The summed E-state index contributed by atoms with van der Waals surface area (Å²) in [4.78, 5) is 32.5. The van der Waals surface area contributed by atoms with E-state index in [1.54, 1.807) is 17.9 Å². The second-order valence-corrected chi connectivity index (χ2v) is 9.14. The molecule has 9 nitrogen and oxygen atoms in total. The average Bonchev–Trinajstić information content (AvgIpc) is 3.35. The van der Waals surface area contributed by atoms with Gasteiger partial charge in [-0.3, -0.25) is 19.6 Å². The van der Waals surface area contributed by atoms with Crippen LogP contribution in [0, 0.1) is 10.1 Å². The molecule has 0 bridgehead atoms. The van der Waals surface area contributed by atoms with E-state index in [0.717, 1.165) is 16.9 Å². The van der Waals surface area contributed by atoms with Crippen LogP contribution in [-0.2, 0) is 12.5 Å². The number of nitro groups is 1. The molecule has 0 aliphatic heterocycles. The summed E-state index contributed by atoms with van der Waals surface area (Å²) in [6.45, 7) is 6.42. The van der Waals surface area contributed by atoms with Gasteiger partial charge < -0.3 is 5.32 Å². The fourth-order valence-electron chi connectivity index (χ4n) is 3.08. The maximum absolute atomic E-state index is 12.7. The molecule has 3 aromatic heterocycles. The van der Waals surface area contributed by atoms with E-state index in [9.17, 15) is 14.9 Å². The number of aromatic nitrogens is 4. The molecule has 0 aliphatic rings. The Bertz CT molecular complexity index is 1300. The molecule has 0 spiro atoms. The highest BCUT2D eigenvalue weighted by Gasteiger charge is 2.20. The largest absolute Gasteiger partial charge is 0.324 e. The number of amides is 1. The van der Waals surface area contributed by atoms with Crippen molar-refractivity contribution in [3.63, 3.8) is 0 Å². The minimum Gasteiger partial charge on any atom is -0.305 e. The number of hydrogen-bond acceptors (Lipinski definition) is 7. The van der Waals surface area contributed by atoms with Gasteiger partial charge in [-0.05, 0) is 17.0 Å². The van der Waals surface area contributed by atoms with Gasteiger partial charge in [0.15, 0.2) is 11.5 Å². The number of nitrogens with zero attached hydrogens (tertiary/aromatic N) is 5. The molecule has 0 saturated carbocycles. The van der Waals surface area contributed by atoms with Crippen molar-refractivity contribution in [1.82, 2.24) is 19.7 Å². The summed E-state index contributed by atoms with van der Waals surface area (Å²) in [5, 5.41) is 18.4. The molecule has 0 unspecified atom stereocenters. The Kier molecular flexibility index (Phi) is 5.02. The maximum Gasteiger partial charge on any atom is 0.324 e. The van der Waals surface area contributed by atoms with Crippen molar-refractivity contribution in [2.24, 2.45) is 7.05 Å². The Balaban J connectivity index is 1.73. The van der Waals surface area contributed by atoms with Crippen molar-refractivity contribution in [3.8, 4) is 11.4 Å². The smallest absolute Gasteiger partial charge is 0.305 e. The van der Waals surface area contributed by atoms with Crippen molar-refractivity contribution in [1.29, 1.82) is 0 Å². The zero-order valence-corrected chi connectivity index (χ0v) is 18.2. The van der Waals surface area contributed by atoms with Crippen LogP contribution in [0.4, 0.5) is 10.8 Å². The molecule has 4 rings (SSSR count). The van der Waals surface area contributed by atoms with Crippen LogP contribution in [0.25, 0.3) is 22.4 Å². The van der Waals surface area contributed by atoms with Gasteiger partial charge in [-0.25, -0.2) is 9.97 Å². The van der Waals surface area contributed by atoms with Gasteiger partial charge in [0, 0.05) is 18.7 Å². The third kappa shape index (κ3) is 4.02. The number of thiophene rings is 1. The number of fused-ring (bicyclic) bond motifs is 1. The number of carbonyl (C=O) groups is 1. The quantitative estimate of drug-likeness (QED) is 0.371. The van der Waals surface area contributed by atoms with Crippen LogP contribution in [0.2, 0.25) is 0 Å². The highest BCUT2D eigenvalue weighted by molar-refractivity contribution is 7.17. The average molecular weight is 436 g/mol. The van der Waals surface area contributed by atoms with E-state index < -0.39 is 10.8 Å². The Morgan fingerprint density at radius 2 is 1.84 bits per heavy atom. The van der Waals surface area contributed by atoms with Gasteiger partial charge in [0.25, 0.3) is 5.91 Å². The highest BCUT2D eigenvalue weighted by atomic mass is 32.1. The van der Waals surface area contributed by atoms with Crippen molar-refractivity contribution in [2.75, 3.05) is 5.32 Å². The molecule has 0 atom stereocenters. The molecule has 31 heavy (non-hydrogen) atoms. The molecule has 0 aliphatic carbocycles. The van der Waals surface area contributed by atoms with E-state index in [4.69, 9.17) is 0 Å². The summed E-state index contributed by atoms with van der Waals surface area (Å²) in [5.74, 6) is 0.272. The molecule has 3 heterocycles. The highest BCUT2D eigenvalue weighted by Crippen LogP contribution is 2.29. The van der Waals surface area contributed by atoms with Gasteiger partial charge in [0.1, 0.15) is 5.82 Å². The maximum atomic E-state index is 12.7. The lowest BCUT2D eigenvalue weighted by Gasteiger charge is -2.19. The van der Waals surface area contributed by atoms with E-state index >= 15 is 0 Å². The molecule has 1 aromatic carbocycles. The summed E-state index contributed by atoms with van der Waals surface area (Å²) < 4.78 is 1.61. The van der Waals surface area contributed by atoms with Gasteiger partial charge in [-0.1, -0.05) is 56.4 Å².